The van der Waals surface area contributed by atoms with Gasteiger partial charge in [-0.3, -0.25) is 4.98 Å². The number of fused-ring (bicyclic) bond motifs is 1. The van der Waals surface area contributed by atoms with Gasteiger partial charge in [0, 0.05) is 25.4 Å². The number of allylic oxidation sites excluding steroid dienone is 1. The molecule has 0 saturated carbocycles. The molecule has 0 aromatic carbocycles. The minimum absolute atomic E-state index is 0.564. The van der Waals surface area contributed by atoms with Crippen LogP contribution in [0.5, 0.6) is 0 Å². The molecule has 0 radical (unpaired) electrons. The summed E-state index contributed by atoms with van der Waals surface area (Å²) in [4.78, 5) is 15.5. The highest BCUT2D eigenvalue weighted by atomic mass is 16.4. The molecular formula is C19H20N4O. The molecule has 0 spiro atoms. The van der Waals surface area contributed by atoms with E-state index in [0.717, 1.165) is 41.5 Å². The molecule has 0 saturated heterocycles. The molecule has 1 aliphatic rings. The molecule has 2 aromatic heterocycles. The molecule has 0 bridgehead atoms. The average Bonchev–Trinajstić information content (AvgIpc) is 3.04. The zero-order valence-corrected chi connectivity index (χ0v) is 13.6. The van der Waals surface area contributed by atoms with Crippen LogP contribution in [0.1, 0.15) is 17.9 Å². The van der Waals surface area contributed by atoms with Gasteiger partial charge in [-0.2, -0.15) is 0 Å². The minimum atomic E-state index is 0.564. The van der Waals surface area contributed by atoms with Crippen molar-refractivity contribution >= 4 is 5.84 Å². The first-order chi connectivity index (χ1) is 11.7. The van der Waals surface area contributed by atoms with E-state index in [9.17, 15) is 0 Å². The monoisotopic (exact) mass is 320 g/mol. The maximum Gasteiger partial charge on any atom is 0.245 e. The molecule has 3 heterocycles. The molecule has 5 nitrogen and oxygen atoms in total. The van der Waals surface area contributed by atoms with Crippen LogP contribution in [0, 0.1) is 0 Å². The summed E-state index contributed by atoms with van der Waals surface area (Å²) in [6, 6.07) is 5.69. The van der Waals surface area contributed by atoms with Crippen molar-refractivity contribution in [3.8, 4) is 11.6 Å². The van der Waals surface area contributed by atoms with Crippen LogP contribution in [0.2, 0.25) is 0 Å². The first-order valence-electron chi connectivity index (χ1n) is 7.85. The van der Waals surface area contributed by atoms with Crippen LogP contribution in [0.4, 0.5) is 0 Å². The predicted octanol–water partition coefficient (Wildman–Crippen LogP) is 3.77. The van der Waals surface area contributed by atoms with Gasteiger partial charge in [-0.05, 0) is 24.1 Å². The lowest BCUT2D eigenvalue weighted by Crippen LogP contribution is -2.36. The largest absolute Gasteiger partial charge is 0.439 e. The first-order valence-corrected chi connectivity index (χ1v) is 7.85. The van der Waals surface area contributed by atoms with Crippen LogP contribution in [0.3, 0.4) is 0 Å². The fourth-order valence-electron chi connectivity index (χ4n) is 2.73. The Morgan fingerprint density at radius 1 is 1.38 bits per heavy atom. The zero-order valence-electron chi connectivity index (χ0n) is 13.6. The van der Waals surface area contributed by atoms with E-state index in [2.05, 4.69) is 39.6 Å². The standard InChI is InChI=1S/C19H20N4O/c1-4-8-14(3)18(20-5-2)23-12-10-17-16(13-23)22-19(24-17)15-9-6-7-11-21-15/h4-7,9,11H,1-3,8,10,12-13H2. The van der Waals surface area contributed by atoms with Crippen molar-refractivity contribution in [2.45, 2.75) is 19.4 Å². The molecule has 5 heteroatoms. The Kier molecular flexibility index (Phi) is 4.70. The second-order valence-corrected chi connectivity index (χ2v) is 5.51. The summed E-state index contributed by atoms with van der Waals surface area (Å²) >= 11 is 0. The number of pyridine rings is 1. The van der Waals surface area contributed by atoms with Gasteiger partial charge >= 0.3 is 0 Å². The molecule has 0 amide bonds. The fourth-order valence-corrected chi connectivity index (χ4v) is 2.73. The van der Waals surface area contributed by atoms with E-state index in [1.54, 1.807) is 12.4 Å². The Hall–Kier alpha value is -2.95. The SMILES string of the molecule is C=CCC(=C)C(=NC=C)N1CCc2oc(-c3ccccn3)nc2C1. The summed E-state index contributed by atoms with van der Waals surface area (Å²) in [6.45, 7) is 13.0. The first kappa shape index (κ1) is 15.9. The van der Waals surface area contributed by atoms with Crippen LogP contribution < -0.4 is 0 Å². The molecule has 24 heavy (non-hydrogen) atoms. The fraction of sp³-hybridized carbons (Fsp3) is 0.211. The second kappa shape index (κ2) is 7.08. The Balaban J connectivity index is 1.85. The van der Waals surface area contributed by atoms with Crippen molar-refractivity contribution in [1.82, 2.24) is 14.9 Å². The summed E-state index contributed by atoms with van der Waals surface area (Å²) in [7, 11) is 0. The number of oxazole rings is 1. The molecule has 0 unspecified atom stereocenters. The van der Waals surface area contributed by atoms with Crippen molar-refractivity contribution in [2.24, 2.45) is 4.99 Å². The van der Waals surface area contributed by atoms with E-state index in [-0.39, 0.29) is 0 Å². The number of hydrogen-bond donors (Lipinski definition) is 0. The van der Waals surface area contributed by atoms with Crippen LogP contribution in [0.15, 0.2) is 71.4 Å². The van der Waals surface area contributed by atoms with Crippen LogP contribution in [-0.2, 0) is 13.0 Å². The lowest BCUT2D eigenvalue weighted by atomic mass is 10.1. The molecule has 1 aliphatic heterocycles. The number of amidine groups is 1. The van der Waals surface area contributed by atoms with Crippen LogP contribution >= 0.6 is 0 Å². The van der Waals surface area contributed by atoms with E-state index in [1.807, 2.05) is 24.3 Å². The van der Waals surface area contributed by atoms with Gasteiger partial charge < -0.3 is 9.32 Å². The minimum Gasteiger partial charge on any atom is -0.439 e. The van der Waals surface area contributed by atoms with E-state index in [4.69, 9.17) is 4.42 Å². The number of aliphatic imine (C=N–C) groups is 1. The van der Waals surface area contributed by atoms with Gasteiger partial charge in [-0.25, -0.2) is 9.98 Å². The van der Waals surface area contributed by atoms with Gasteiger partial charge in [0.1, 0.15) is 23.0 Å². The number of nitrogens with zero attached hydrogens (tertiary/aromatic N) is 4. The summed E-state index contributed by atoms with van der Waals surface area (Å²) in [5.74, 6) is 2.31. The van der Waals surface area contributed by atoms with E-state index >= 15 is 0 Å². The molecule has 3 rings (SSSR count). The Morgan fingerprint density at radius 2 is 2.25 bits per heavy atom. The molecule has 0 atom stereocenters. The Labute approximate surface area is 141 Å². The van der Waals surface area contributed by atoms with Crippen molar-refractivity contribution < 1.29 is 4.42 Å². The maximum atomic E-state index is 5.89. The maximum absolute atomic E-state index is 5.89. The Bertz CT molecular complexity index is 789. The smallest absolute Gasteiger partial charge is 0.245 e. The third-order valence-electron chi connectivity index (χ3n) is 3.83. The normalized spacial score (nSPS) is 14.2. The average molecular weight is 320 g/mol. The molecule has 0 N–H and O–H groups in total. The highest BCUT2D eigenvalue weighted by Gasteiger charge is 2.25. The van der Waals surface area contributed by atoms with Crippen molar-refractivity contribution in [3.63, 3.8) is 0 Å². The summed E-state index contributed by atoms with van der Waals surface area (Å²) in [5.41, 5.74) is 2.58. The van der Waals surface area contributed by atoms with Crippen LogP contribution in [0.25, 0.3) is 11.6 Å². The van der Waals surface area contributed by atoms with Crippen molar-refractivity contribution in [1.29, 1.82) is 0 Å². The quantitative estimate of drug-likeness (QED) is 0.478. The topological polar surface area (TPSA) is 54.5 Å². The second-order valence-electron chi connectivity index (χ2n) is 5.51. The van der Waals surface area contributed by atoms with Gasteiger partial charge in [0.05, 0.1) is 6.54 Å². The highest BCUT2D eigenvalue weighted by molar-refractivity contribution is 5.98. The van der Waals surface area contributed by atoms with Gasteiger partial charge in [-0.1, -0.05) is 25.3 Å². The number of rotatable bonds is 5. The van der Waals surface area contributed by atoms with Crippen molar-refractivity contribution in [2.75, 3.05) is 6.54 Å². The third-order valence-corrected chi connectivity index (χ3v) is 3.83. The lowest BCUT2D eigenvalue weighted by Gasteiger charge is -2.29. The summed E-state index contributed by atoms with van der Waals surface area (Å²) in [6.07, 6.45) is 6.56. The van der Waals surface area contributed by atoms with Crippen LogP contribution in [-0.4, -0.2) is 27.2 Å². The number of hydrogen-bond acceptors (Lipinski definition) is 4. The van der Waals surface area contributed by atoms with Gasteiger partial charge in [0.2, 0.25) is 5.89 Å². The van der Waals surface area contributed by atoms with E-state index < -0.39 is 0 Å². The van der Waals surface area contributed by atoms with Gasteiger partial charge in [-0.15, -0.1) is 6.58 Å². The molecule has 2 aromatic rings. The van der Waals surface area contributed by atoms with Crippen molar-refractivity contribution in [3.05, 3.63) is 73.4 Å². The Morgan fingerprint density at radius 3 is 2.96 bits per heavy atom. The summed E-state index contributed by atoms with van der Waals surface area (Å²) < 4.78 is 5.89. The molecule has 0 fully saturated rings. The van der Waals surface area contributed by atoms with Gasteiger partial charge in [0.25, 0.3) is 0 Å². The third kappa shape index (κ3) is 3.20. The molecular weight excluding hydrogens is 300 g/mol. The number of aromatic nitrogens is 2. The predicted molar refractivity (Wildman–Crippen MR) is 95.4 cm³/mol. The summed E-state index contributed by atoms with van der Waals surface area (Å²) in [5, 5.41) is 0. The highest BCUT2D eigenvalue weighted by Crippen LogP contribution is 2.26. The zero-order chi connectivity index (χ0) is 16.9. The lowest BCUT2D eigenvalue weighted by molar-refractivity contribution is 0.359. The van der Waals surface area contributed by atoms with Gasteiger partial charge in [0.15, 0.2) is 0 Å². The van der Waals surface area contributed by atoms with E-state index in [1.165, 1.54) is 0 Å². The van der Waals surface area contributed by atoms with E-state index in [0.29, 0.717) is 18.9 Å². The molecule has 0 aliphatic carbocycles. The molecule has 122 valence electrons.